The van der Waals surface area contributed by atoms with Crippen LogP contribution in [-0.4, -0.2) is 71.1 Å². The van der Waals surface area contributed by atoms with Crippen molar-refractivity contribution in [1.82, 2.24) is 14.8 Å². The summed E-state index contributed by atoms with van der Waals surface area (Å²) in [5.74, 6) is -1.37. The number of nitrogens with zero attached hydrogens (tertiary/aromatic N) is 2. The molecule has 1 aromatic heterocycles. The minimum absolute atomic E-state index is 0.0578. The van der Waals surface area contributed by atoms with Gasteiger partial charge in [0, 0.05) is 42.3 Å². The zero-order valence-electron chi connectivity index (χ0n) is 21.9. The van der Waals surface area contributed by atoms with Crippen molar-refractivity contribution >= 4 is 28.9 Å². The molecule has 2 aromatic carbocycles. The fraction of sp³-hybridized carbons (Fsp3) is 0.400. The monoisotopic (exact) mass is 537 g/mol. The number of hydrogen-bond acceptors (Lipinski definition) is 4. The lowest BCUT2D eigenvalue weighted by molar-refractivity contribution is -0.147. The number of ether oxygens (including phenoxy) is 1. The van der Waals surface area contributed by atoms with Gasteiger partial charge in [-0.05, 0) is 92.1 Å². The molecule has 0 aliphatic carbocycles. The van der Waals surface area contributed by atoms with E-state index in [4.69, 9.17) is 4.74 Å². The van der Waals surface area contributed by atoms with Gasteiger partial charge < -0.3 is 19.7 Å². The average Bonchev–Trinajstić information content (AvgIpc) is 3.36. The van der Waals surface area contributed by atoms with E-state index in [0.29, 0.717) is 44.9 Å². The number of aliphatic carboxylic acids is 1. The molecule has 39 heavy (non-hydrogen) atoms. The van der Waals surface area contributed by atoms with E-state index in [1.165, 1.54) is 17.7 Å². The predicted molar refractivity (Wildman–Crippen MR) is 145 cm³/mol. The Morgan fingerprint density at radius 1 is 1.05 bits per heavy atom. The first-order chi connectivity index (χ1) is 18.8. The van der Waals surface area contributed by atoms with E-state index >= 15 is 0 Å². The summed E-state index contributed by atoms with van der Waals surface area (Å²) in [6.45, 7) is 2.27. The van der Waals surface area contributed by atoms with Gasteiger partial charge in [0.1, 0.15) is 23.4 Å². The Bertz CT molecular complexity index is 1350. The van der Waals surface area contributed by atoms with Crippen molar-refractivity contribution in [3.8, 4) is 5.75 Å². The Kier molecular flexibility index (Phi) is 7.97. The first kappa shape index (κ1) is 26.9. The van der Waals surface area contributed by atoms with Gasteiger partial charge in [-0.1, -0.05) is 6.07 Å². The van der Waals surface area contributed by atoms with Crippen LogP contribution in [-0.2, 0) is 9.59 Å². The summed E-state index contributed by atoms with van der Waals surface area (Å²) in [6.07, 6.45) is 7.65. The second-order valence-electron chi connectivity index (χ2n) is 10.4. The second-order valence-corrected chi connectivity index (χ2v) is 10.4. The van der Waals surface area contributed by atoms with Gasteiger partial charge in [-0.15, -0.1) is 0 Å². The highest BCUT2D eigenvalue weighted by atomic mass is 19.1. The molecule has 206 valence electrons. The van der Waals surface area contributed by atoms with Gasteiger partial charge in [0.2, 0.25) is 5.91 Å². The number of carboxylic acids is 1. The summed E-state index contributed by atoms with van der Waals surface area (Å²) in [5, 5.41) is 11.3. The molecule has 2 aliphatic rings. The number of halogens is 2. The topological polar surface area (TPSA) is 85.9 Å². The maximum atomic E-state index is 13.4. The molecule has 1 atom stereocenters. The molecule has 0 bridgehead atoms. The summed E-state index contributed by atoms with van der Waals surface area (Å²) in [4.78, 5) is 32.1. The summed E-state index contributed by atoms with van der Waals surface area (Å²) in [6, 6.07) is 8.47. The number of rotatable bonds is 7. The molecular formula is C30H33F2N3O4. The molecule has 2 aliphatic heterocycles. The molecule has 0 spiro atoms. The Morgan fingerprint density at radius 3 is 2.38 bits per heavy atom. The standard InChI is InChI=1S/C30H33F2N3O4/c1-39-26-4-2-3-25-28(26)24(18-33-25)20-7-13-35(14-8-20)29(30(37)38)21-9-11-34(12-10-21)27(36)6-5-19-15-22(31)17-23(32)16-19/h2-6,15-18,20-21,29,33H,7-14H2,1H3,(H,37,38). The SMILES string of the molecule is COc1cccc2[nH]cc(C3CCN(C(C(=O)O)C4CCN(C(=O)C=Cc5cc(F)cc(F)c5)CC4)CC3)c12. The van der Waals surface area contributed by atoms with Crippen LogP contribution in [0.5, 0.6) is 5.75 Å². The molecule has 0 radical (unpaired) electrons. The largest absolute Gasteiger partial charge is 0.496 e. The lowest BCUT2D eigenvalue weighted by Crippen LogP contribution is -2.52. The van der Waals surface area contributed by atoms with Gasteiger partial charge >= 0.3 is 5.97 Å². The predicted octanol–water partition coefficient (Wildman–Crippen LogP) is 5.04. The number of amides is 1. The van der Waals surface area contributed by atoms with Crippen LogP contribution in [0.1, 0.15) is 42.7 Å². The van der Waals surface area contributed by atoms with Crippen LogP contribution in [0, 0.1) is 17.6 Å². The maximum absolute atomic E-state index is 13.4. The molecular weight excluding hydrogens is 504 g/mol. The first-order valence-electron chi connectivity index (χ1n) is 13.4. The van der Waals surface area contributed by atoms with E-state index in [1.54, 1.807) is 12.0 Å². The highest BCUT2D eigenvalue weighted by Crippen LogP contribution is 2.38. The van der Waals surface area contributed by atoms with Crippen molar-refractivity contribution < 1.29 is 28.2 Å². The molecule has 7 nitrogen and oxygen atoms in total. The van der Waals surface area contributed by atoms with E-state index < -0.39 is 23.6 Å². The average molecular weight is 538 g/mol. The molecule has 1 amide bonds. The van der Waals surface area contributed by atoms with Gasteiger partial charge in [-0.3, -0.25) is 14.5 Å². The lowest BCUT2D eigenvalue weighted by Gasteiger charge is -2.41. The molecule has 2 fully saturated rings. The minimum Gasteiger partial charge on any atom is -0.496 e. The van der Waals surface area contributed by atoms with Crippen molar-refractivity contribution in [3.63, 3.8) is 0 Å². The zero-order chi connectivity index (χ0) is 27.5. The van der Waals surface area contributed by atoms with Crippen molar-refractivity contribution in [2.24, 2.45) is 5.92 Å². The number of benzene rings is 2. The third-order valence-electron chi connectivity index (χ3n) is 8.13. The molecule has 2 saturated heterocycles. The van der Waals surface area contributed by atoms with Crippen LogP contribution in [0.25, 0.3) is 17.0 Å². The summed E-state index contributed by atoms with van der Waals surface area (Å²) in [7, 11) is 1.67. The second kappa shape index (κ2) is 11.6. The third kappa shape index (κ3) is 5.83. The van der Waals surface area contributed by atoms with Gasteiger partial charge in [0.25, 0.3) is 0 Å². The van der Waals surface area contributed by atoms with Crippen LogP contribution in [0.4, 0.5) is 8.78 Å². The number of carbonyl (C=O) groups is 2. The molecule has 0 saturated carbocycles. The number of likely N-dealkylation sites (tertiary alicyclic amines) is 2. The summed E-state index contributed by atoms with van der Waals surface area (Å²) in [5.41, 5.74) is 2.53. The number of hydrogen-bond donors (Lipinski definition) is 2. The van der Waals surface area contributed by atoms with Crippen LogP contribution in [0.15, 0.2) is 48.7 Å². The smallest absolute Gasteiger partial charge is 0.321 e. The van der Waals surface area contributed by atoms with E-state index in [2.05, 4.69) is 9.88 Å². The number of carbonyl (C=O) groups excluding carboxylic acids is 1. The fourth-order valence-corrected chi connectivity index (χ4v) is 6.19. The van der Waals surface area contributed by atoms with Crippen LogP contribution in [0.3, 0.4) is 0 Å². The summed E-state index contributed by atoms with van der Waals surface area (Å²) < 4.78 is 32.4. The number of aromatic nitrogens is 1. The zero-order valence-corrected chi connectivity index (χ0v) is 21.9. The highest BCUT2D eigenvalue weighted by molar-refractivity contribution is 5.92. The number of fused-ring (bicyclic) bond motifs is 1. The number of aromatic amines is 1. The Morgan fingerprint density at radius 2 is 1.74 bits per heavy atom. The lowest BCUT2D eigenvalue weighted by atomic mass is 9.84. The Hall–Kier alpha value is -3.72. The van der Waals surface area contributed by atoms with Gasteiger partial charge in [-0.25, -0.2) is 8.78 Å². The number of methoxy groups -OCH3 is 1. The molecule has 2 N–H and O–H groups in total. The third-order valence-corrected chi connectivity index (χ3v) is 8.13. The normalized spacial score (nSPS) is 18.6. The van der Waals surface area contributed by atoms with E-state index in [-0.39, 0.29) is 17.4 Å². The fourth-order valence-electron chi connectivity index (χ4n) is 6.19. The van der Waals surface area contributed by atoms with Crippen molar-refractivity contribution in [1.29, 1.82) is 0 Å². The minimum atomic E-state index is -0.819. The molecule has 3 aromatic rings. The van der Waals surface area contributed by atoms with Crippen molar-refractivity contribution in [3.05, 3.63) is 71.4 Å². The van der Waals surface area contributed by atoms with Gasteiger partial charge in [0.15, 0.2) is 0 Å². The van der Waals surface area contributed by atoms with Crippen molar-refractivity contribution in [2.45, 2.75) is 37.6 Å². The van der Waals surface area contributed by atoms with Gasteiger partial charge in [-0.2, -0.15) is 0 Å². The molecule has 3 heterocycles. The maximum Gasteiger partial charge on any atom is 0.321 e. The molecule has 9 heteroatoms. The number of nitrogens with one attached hydrogen (secondary N) is 1. The van der Waals surface area contributed by atoms with E-state index in [1.807, 2.05) is 24.4 Å². The van der Waals surface area contributed by atoms with Crippen molar-refractivity contribution in [2.75, 3.05) is 33.3 Å². The quantitative estimate of drug-likeness (QED) is 0.413. The number of carboxylic acid groups (broad SMARTS) is 1. The highest BCUT2D eigenvalue weighted by Gasteiger charge is 2.38. The van der Waals surface area contributed by atoms with Crippen LogP contribution < -0.4 is 4.74 Å². The van der Waals surface area contributed by atoms with E-state index in [0.717, 1.165) is 47.7 Å². The Balaban J connectivity index is 1.18. The van der Waals surface area contributed by atoms with Gasteiger partial charge in [0.05, 0.1) is 7.11 Å². The molecule has 1 unspecified atom stereocenters. The number of H-pyrrole nitrogens is 1. The number of piperidine rings is 2. The first-order valence-corrected chi connectivity index (χ1v) is 13.4. The Labute approximate surface area is 226 Å². The molecule has 5 rings (SSSR count). The van der Waals surface area contributed by atoms with Crippen LogP contribution in [0.2, 0.25) is 0 Å². The van der Waals surface area contributed by atoms with Crippen LogP contribution >= 0.6 is 0 Å². The van der Waals surface area contributed by atoms with E-state index in [9.17, 15) is 23.5 Å². The summed E-state index contributed by atoms with van der Waals surface area (Å²) >= 11 is 0.